The van der Waals surface area contributed by atoms with Gasteiger partial charge in [0.25, 0.3) is 0 Å². The third-order valence-corrected chi connectivity index (χ3v) is 2.99. The quantitative estimate of drug-likeness (QED) is 0.915. The summed E-state index contributed by atoms with van der Waals surface area (Å²) in [4.78, 5) is 6.08. The fourth-order valence-corrected chi connectivity index (χ4v) is 1.93. The average Bonchev–Trinajstić information content (AvgIpc) is 2.42. The fourth-order valence-electron chi connectivity index (χ4n) is 1.93. The van der Waals surface area contributed by atoms with Crippen molar-refractivity contribution in [3.63, 3.8) is 0 Å². The van der Waals surface area contributed by atoms with E-state index in [1.807, 2.05) is 6.92 Å². The Morgan fingerprint density at radius 1 is 1.26 bits per heavy atom. The van der Waals surface area contributed by atoms with Gasteiger partial charge in [0.1, 0.15) is 11.6 Å². The van der Waals surface area contributed by atoms with Gasteiger partial charge in [0.15, 0.2) is 0 Å². The number of aliphatic hydroxyl groups excluding tert-OH is 1. The Labute approximate surface area is 112 Å². The topological polar surface area (TPSA) is 36.4 Å². The number of pyridine rings is 1. The van der Waals surface area contributed by atoms with Crippen LogP contribution in [0.25, 0.3) is 0 Å². The number of anilines is 2. The lowest BCUT2D eigenvalue weighted by atomic mass is 10.2. The lowest BCUT2D eigenvalue weighted by molar-refractivity contribution is 0.199. The molecule has 0 unspecified atom stereocenters. The summed E-state index contributed by atoms with van der Waals surface area (Å²) >= 11 is 0. The number of benzene rings is 1. The van der Waals surface area contributed by atoms with Crippen molar-refractivity contribution >= 4 is 11.5 Å². The zero-order valence-corrected chi connectivity index (χ0v) is 11.0. The first kappa shape index (κ1) is 13.5. The van der Waals surface area contributed by atoms with E-state index in [1.165, 1.54) is 6.07 Å². The third kappa shape index (κ3) is 2.90. The highest BCUT2D eigenvalue weighted by atomic mass is 19.1. The summed E-state index contributed by atoms with van der Waals surface area (Å²) in [6, 6.07) is 10.2. The molecule has 0 radical (unpaired) electrons. The predicted molar refractivity (Wildman–Crippen MR) is 74.0 cm³/mol. The maximum atomic E-state index is 13.8. The molecular formula is C15H17FN2O. The van der Waals surface area contributed by atoms with Crippen LogP contribution in [0.1, 0.15) is 25.5 Å². The first-order valence-corrected chi connectivity index (χ1v) is 6.29. The van der Waals surface area contributed by atoms with E-state index in [0.717, 1.165) is 5.56 Å². The summed E-state index contributed by atoms with van der Waals surface area (Å²) in [7, 11) is 0. The van der Waals surface area contributed by atoms with Crippen molar-refractivity contribution in [3.05, 3.63) is 54.0 Å². The van der Waals surface area contributed by atoms with Gasteiger partial charge >= 0.3 is 0 Å². The second-order valence-electron chi connectivity index (χ2n) is 4.32. The van der Waals surface area contributed by atoms with Crippen LogP contribution >= 0.6 is 0 Å². The summed E-state index contributed by atoms with van der Waals surface area (Å²) in [6.45, 7) is 4.24. The third-order valence-electron chi connectivity index (χ3n) is 2.99. The van der Waals surface area contributed by atoms with Gasteiger partial charge in [-0.15, -0.1) is 0 Å². The molecule has 3 nitrogen and oxygen atoms in total. The summed E-state index contributed by atoms with van der Waals surface area (Å²) in [5, 5.41) is 9.46. The monoisotopic (exact) mass is 260 g/mol. The van der Waals surface area contributed by atoms with Crippen molar-refractivity contribution in [2.75, 3.05) is 11.4 Å². The lowest BCUT2D eigenvalue weighted by Gasteiger charge is -2.22. The zero-order valence-electron chi connectivity index (χ0n) is 11.0. The minimum absolute atomic E-state index is 0.272. The summed E-state index contributed by atoms with van der Waals surface area (Å²) < 4.78 is 13.8. The van der Waals surface area contributed by atoms with E-state index in [9.17, 15) is 9.50 Å². The molecule has 0 fully saturated rings. The van der Waals surface area contributed by atoms with Gasteiger partial charge in [-0.05, 0) is 37.6 Å². The van der Waals surface area contributed by atoms with E-state index in [2.05, 4.69) is 4.98 Å². The van der Waals surface area contributed by atoms with Gasteiger partial charge in [-0.25, -0.2) is 9.37 Å². The number of rotatable bonds is 4. The molecule has 0 saturated carbocycles. The Bertz CT molecular complexity index is 540. The van der Waals surface area contributed by atoms with Gasteiger partial charge in [0, 0.05) is 12.7 Å². The number of hydrogen-bond acceptors (Lipinski definition) is 3. The van der Waals surface area contributed by atoms with Crippen molar-refractivity contribution in [2.24, 2.45) is 0 Å². The second kappa shape index (κ2) is 5.80. The largest absolute Gasteiger partial charge is 0.389 e. The number of aromatic nitrogens is 1. The van der Waals surface area contributed by atoms with Crippen LogP contribution in [0.4, 0.5) is 15.9 Å². The lowest BCUT2D eigenvalue weighted by Crippen LogP contribution is -2.18. The zero-order chi connectivity index (χ0) is 13.8. The molecule has 1 aromatic carbocycles. The molecule has 0 amide bonds. The molecule has 100 valence electrons. The van der Waals surface area contributed by atoms with Crippen molar-refractivity contribution in [2.45, 2.75) is 20.0 Å². The van der Waals surface area contributed by atoms with Crippen LogP contribution in [0.3, 0.4) is 0 Å². The minimum Gasteiger partial charge on any atom is -0.389 e. The average molecular weight is 260 g/mol. The van der Waals surface area contributed by atoms with Gasteiger partial charge in [-0.3, -0.25) is 0 Å². The normalized spacial score (nSPS) is 12.2. The highest BCUT2D eigenvalue weighted by Crippen LogP contribution is 2.26. The fraction of sp³-hybridized carbons (Fsp3) is 0.267. The smallest absolute Gasteiger partial charge is 0.146 e. The Morgan fingerprint density at radius 3 is 2.53 bits per heavy atom. The molecule has 1 aromatic heterocycles. The van der Waals surface area contributed by atoms with Gasteiger partial charge in [-0.1, -0.05) is 18.2 Å². The molecule has 1 atom stereocenters. The van der Waals surface area contributed by atoms with E-state index in [4.69, 9.17) is 0 Å². The van der Waals surface area contributed by atoms with Crippen LogP contribution in [0, 0.1) is 5.82 Å². The van der Waals surface area contributed by atoms with Crippen LogP contribution in [-0.4, -0.2) is 16.6 Å². The summed E-state index contributed by atoms with van der Waals surface area (Å²) in [5.74, 6) is 0.391. The van der Waals surface area contributed by atoms with Crippen molar-refractivity contribution < 1.29 is 9.50 Å². The summed E-state index contributed by atoms with van der Waals surface area (Å²) in [5.41, 5.74) is 1.25. The molecule has 0 aliphatic rings. The molecular weight excluding hydrogens is 243 g/mol. The first-order chi connectivity index (χ1) is 9.13. The van der Waals surface area contributed by atoms with E-state index >= 15 is 0 Å². The Morgan fingerprint density at radius 2 is 2.00 bits per heavy atom. The molecule has 1 N–H and O–H groups in total. The highest BCUT2D eigenvalue weighted by Gasteiger charge is 2.13. The molecule has 0 saturated heterocycles. The maximum Gasteiger partial charge on any atom is 0.146 e. The molecule has 1 heterocycles. The molecule has 0 aliphatic carbocycles. The van der Waals surface area contributed by atoms with E-state index in [-0.39, 0.29) is 5.82 Å². The second-order valence-corrected chi connectivity index (χ2v) is 4.32. The maximum absolute atomic E-state index is 13.8. The first-order valence-electron chi connectivity index (χ1n) is 6.29. The minimum atomic E-state index is -0.551. The molecule has 0 aliphatic heterocycles. The van der Waals surface area contributed by atoms with E-state index < -0.39 is 6.10 Å². The molecule has 0 spiro atoms. The number of para-hydroxylation sites is 1. The van der Waals surface area contributed by atoms with Crippen molar-refractivity contribution in [3.8, 4) is 0 Å². The van der Waals surface area contributed by atoms with Crippen LogP contribution in [0.15, 0.2) is 42.6 Å². The molecule has 0 bridgehead atoms. The molecule has 2 aromatic rings. The van der Waals surface area contributed by atoms with E-state index in [1.54, 1.807) is 48.4 Å². The van der Waals surface area contributed by atoms with E-state index in [0.29, 0.717) is 18.1 Å². The van der Waals surface area contributed by atoms with Gasteiger partial charge in [0.2, 0.25) is 0 Å². The van der Waals surface area contributed by atoms with Crippen LogP contribution in [0.2, 0.25) is 0 Å². The van der Waals surface area contributed by atoms with Gasteiger partial charge in [0.05, 0.1) is 11.8 Å². The molecule has 4 heteroatoms. The van der Waals surface area contributed by atoms with Crippen molar-refractivity contribution in [1.82, 2.24) is 4.98 Å². The predicted octanol–water partition coefficient (Wildman–Crippen LogP) is 3.43. The van der Waals surface area contributed by atoms with Gasteiger partial charge < -0.3 is 10.0 Å². The SMILES string of the molecule is CCN(c1ccc([C@H](C)O)cn1)c1ccccc1F. The standard InChI is InChI=1S/C15H17FN2O/c1-3-18(14-7-5-4-6-13(14)16)15-9-8-12(10-17-15)11(2)19/h4-11,19H,3H2,1-2H3/t11-/m0/s1. The van der Waals surface area contributed by atoms with Gasteiger partial charge in [-0.2, -0.15) is 0 Å². The molecule has 19 heavy (non-hydrogen) atoms. The number of halogens is 1. The number of nitrogens with zero attached hydrogens (tertiary/aromatic N) is 2. The van der Waals surface area contributed by atoms with Crippen LogP contribution in [0.5, 0.6) is 0 Å². The highest BCUT2D eigenvalue weighted by molar-refractivity contribution is 5.60. The Hall–Kier alpha value is -1.94. The van der Waals surface area contributed by atoms with Crippen LogP contribution in [-0.2, 0) is 0 Å². The number of hydrogen-bond donors (Lipinski definition) is 1. The molecule has 2 rings (SSSR count). The Kier molecular flexibility index (Phi) is 4.12. The van der Waals surface area contributed by atoms with Crippen LogP contribution < -0.4 is 4.90 Å². The number of aliphatic hydroxyl groups is 1. The van der Waals surface area contributed by atoms with Crippen molar-refractivity contribution in [1.29, 1.82) is 0 Å². The Balaban J connectivity index is 2.35. The summed E-state index contributed by atoms with van der Waals surface area (Å²) in [6.07, 6.45) is 1.06.